The van der Waals surface area contributed by atoms with Gasteiger partial charge in [0.2, 0.25) is 0 Å². The minimum absolute atomic E-state index is 0.133. The number of rotatable bonds is 6. The molecule has 0 spiro atoms. The molecule has 1 saturated heterocycles. The molecule has 2 aliphatic heterocycles. The molecule has 0 aromatic heterocycles. The molecule has 0 atom stereocenters. The average Bonchev–Trinajstić information content (AvgIpc) is 3.41. The molecule has 1 fully saturated rings. The number of hydroxylamine groups is 1. The van der Waals surface area contributed by atoms with Crippen molar-refractivity contribution in [2.45, 2.75) is 6.18 Å². The summed E-state index contributed by atoms with van der Waals surface area (Å²) in [6.07, 6.45) is 0.372. The van der Waals surface area contributed by atoms with E-state index >= 15 is 0 Å². The summed E-state index contributed by atoms with van der Waals surface area (Å²) in [7, 11) is 1.47. The van der Waals surface area contributed by atoms with Crippen LogP contribution in [0.5, 0.6) is 5.75 Å². The molecule has 1 amide bonds. The molecule has 0 aliphatic carbocycles. The van der Waals surface area contributed by atoms with Gasteiger partial charge in [0.05, 0.1) is 23.9 Å². The molecule has 10 heteroatoms. The van der Waals surface area contributed by atoms with Crippen LogP contribution < -0.4 is 20.0 Å². The highest BCUT2D eigenvalue weighted by atomic mass is 19.4. The van der Waals surface area contributed by atoms with E-state index in [-0.39, 0.29) is 24.0 Å². The van der Waals surface area contributed by atoms with Crippen LogP contribution in [0, 0.1) is 0 Å². The van der Waals surface area contributed by atoms with Crippen LogP contribution in [-0.2, 0) is 15.8 Å². The third-order valence-electron chi connectivity index (χ3n) is 5.27. The van der Waals surface area contributed by atoms with Gasteiger partial charge in [-0.25, -0.2) is 10.5 Å². The number of alkyl halides is 3. The van der Waals surface area contributed by atoms with E-state index < -0.39 is 11.7 Å². The highest BCUT2D eigenvalue weighted by Gasteiger charge is 2.35. The Morgan fingerprint density at radius 3 is 2.57 bits per heavy atom. The van der Waals surface area contributed by atoms with Crippen molar-refractivity contribution in [3.05, 3.63) is 103 Å². The van der Waals surface area contributed by atoms with E-state index in [9.17, 15) is 18.0 Å². The van der Waals surface area contributed by atoms with Gasteiger partial charge in [-0.15, -0.1) is 0 Å². The van der Waals surface area contributed by atoms with Crippen molar-refractivity contribution in [2.24, 2.45) is 4.99 Å². The maximum absolute atomic E-state index is 13.1. The van der Waals surface area contributed by atoms with Crippen molar-refractivity contribution >= 4 is 23.1 Å². The quantitative estimate of drug-likeness (QED) is 0.468. The topological polar surface area (TPSA) is 66.4 Å². The van der Waals surface area contributed by atoms with Gasteiger partial charge in [0.25, 0.3) is 5.91 Å². The van der Waals surface area contributed by atoms with E-state index in [1.807, 2.05) is 0 Å². The fourth-order valence-corrected chi connectivity index (χ4v) is 3.65. The fraction of sp³-hybridized carbons (Fsp3) is 0.120. The molecule has 1 N–H and O–H groups in total. The van der Waals surface area contributed by atoms with Gasteiger partial charge in [-0.05, 0) is 54.6 Å². The lowest BCUT2D eigenvalue weighted by atomic mass is 10.2. The molecule has 0 radical (unpaired) electrons. The number of benzene rings is 2. The highest BCUT2D eigenvalue weighted by molar-refractivity contribution is 6.04. The number of amides is 1. The number of nitrogens with zero attached hydrogens (tertiary/aromatic N) is 3. The maximum Gasteiger partial charge on any atom is 0.416 e. The Kier molecular flexibility index (Phi) is 6.48. The Hall–Kier alpha value is -4.31. The van der Waals surface area contributed by atoms with E-state index in [1.54, 1.807) is 36.5 Å². The second kappa shape index (κ2) is 9.51. The van der Waals surface area contributed by atoms with Crippen LogP contribution in [0.15, 0.2) is 102 Å². The van der Waals surface area contributed by atoms with Gasteiger partial charge in [-0.1, -0.05) is 19.2 Å². The summed E-state index contributed by atoms with van der Waals surface area (Å²) in [6, 6.07) is 11.4. The van der Waals surface area contributed by atoms with Crippen LogP contribution in [0.1, 0.15) is 5.56 Å². The largest absolute Gasteiger partial charge is 0.457 e. The molecule has 2 aliphatic rings. The Labute approximate surface area is 199 Å². The zero-order valence-electron chi connectivity index (χ0n) is 18.7. The van der Waals surface area contributed by atoms with Gasteiger partial charge < -0.3 is 9.64 Å². The van der Waals surface area contributed by atoms with E-state index in [1.165, 1.54) is 35.1 Å². The van der Waals surface area contributed by atoms with Crippen LogP contribution in [-0.4, -0.2) is 25.4 Å². The molecule has 0 saturated carbocycles. The van der Waals surface area contributed by atoms with Crippen molar-refractivity contribution in [3.8, 4) is 5.75 Å². The first-order valence-corrected chi connectivity index (χ1v) is 10.4. The Bertz CT molecular complexity index is 1260. The molecule has 2 aromatic carbocycles. The van der Waals surface area contributed by atoms with E-state index in [4.69, 9.17) is 9.57 Å². The van der Waals surface area contributed by atoms with Crippen molar-refractivity contribution in [2.75, 3.05) is 23.5 Å². The van der Waals surface area contributed by atoms with Crippen molar-refractivity contribution in [1.29, 1.82) is 0 Å². The van der Waals surface area contributed by atoms with Crippen molar-refractivity contribution < 1.29 is 27.5 Å². The van der Waals surface area contributed by atoms with Crippen molar-refractivity contribution in [1.82, 2.24) is 5.48 Å². The first kappa shape index (κ1) is 23.8. The van der Waals surface area contributed by atoms with Crippen LogP contribution >= 0.6 is 0 Å². The number of ether oxygens (including phenoxy) is 1. The molecule has 35 heavy (non-hydrogen) atoms. The first-order valence-electron chi connectivity index (χ1n) is 10.4. The van der Waals surface area contributed by atoms with Crippen molar-refractivity contribution in [3.63, 3.8) is 0 Å². The summed E-state index contributed by atoms with van der Waals surface area (Å²) in [5, 5.41) is 0. The van der Waals surface area contributed by atoms with Crippen LogP contribution in [0.2, 0.25) is 0 Å². The summed E-state index contributed by atoms with van der Waals surface area (Å²) >= 11 is 0. The molecule has 0 unspecified atom stereocenters. The van der Waals surface area contributed by atoms with Crippen LogP contribution in [0.3, 0.4) is 0 Å². The monoisotopic (exact) mass is 482 g/mol. The van der Waals surface area contributed by atoms with Gasteiger partial charge in [0.1, 0.15) is 23.9 Å². The minimum atomic E-state index is -4.49. The zero-order chi connectivity index (χ0) is 25.2. The lowest BCUT2D eigenvalue weighted by Crippen LogP contribution is -2.24. The van der Waals surface area contributed by atoms with E-state index in [0.717, 1.165) is 12.1 Å². The second-order valence-electron chi connectivity index (χ2n) is 7.46. The number of carbonyl (C=O) groups excluding carboxylic acids is 1. The van der Waals surface area contributed by atoms with E-state index in [2.05, 4.69) is 23.6 Å². The predicted molar refractivity (Wildman–Crippen MR) is 126 cm³/mol. The molecular formula is C25H21F3N4O3. The molecular weight excluding hydrogens is 461 g/mol. The molecule has 2 heterocycles. The lowest BCUT2D eigenvalue weighted by molar-refractivity contribution is -0.137. The maximum atomic E-state index is 13.1. The first-order chi connectivity index (χ1) is 16.7. The molecule has 2 aromatic rings. The second-order valence-corrected chi connectivity index (χ2v) is 7.46. The number of halogens is 3. The summed E-state index contributed by atoms with van der Waals surface area (Å²) in [5.41, 5.74) is 3.24. The van der Waals surface area contributed by atoms with Crippen LogP contribution in [0.4, 0.5) is 24.5 Å². The number of aliphatic imine (C=N–C) groups is 1. The Morgan fingerprint density at radius 2 is 1.91 bits per heavy atom. The predicted octanol–water partition coefficient (Wildman–Crippen LogP) is 4.93. The van der Waals surface area contributed by atoms with Gasteiger partial charge in [0, 0.05) is 11.9 Å². The number of amidine groups is 1. The fourth-order valence-electron chi connectivity index (χ4n) is 3.65. The minimum Gasteiger partial charge on any atom is -0.457 e. The number of carbonyl (C=O) groups is 1. The van der Waals surface area contributed by atoms with Gasteiger partial charge in [-0.2, -0.15) is 13.2 Å². The molecule has 0 bridgehead atoms. The van der Waals surface area contributed by atoms with Gasteiger partial charge in [0.15, 0.2) is 5.84 Å². The molecule has 180 valence electrons. The van der Waals surface area contributed by atoms with Gasteiger partial charge >= 0.3 is 6.18 Å². The summed E-state index contributed by atoms with van der Waals surface area (Å²) in [6.45, 7) is 7.57. The number of nitrogens with one attached hydrogen (secondary N) is 1. The third-order valence-corrected chi connectivity index (χ3v) is 5.27. The lowest BCUT2D eigenvalue weighted by Gasteiger charge is -2.23. The number of hydrogen-bond donors (Lipinski definition) is 1. The van der Waals surface area contributed by atoms with Gasteiger partial charge in [-0.3, -0.25) is 14.5 Å². The number of hydrogen-bond acceptors (Lipinski definition) is 6. The Balaban J connectivity index is 1.53. The Morgan fingerprint density at radius 1 is 1.17 bits per heavy atom. The highest BCUT2D eigenvalue weighted by Crippen LogP contribution is 2.36. The zero-order valence-corrected chi connectivity index (χ0v) is 18.7. The number of allylic oxidation sites excluding steroid dienone is 1. The standard InChI is InChI=1S/C25H21F3N4O3/c1-4-22(21-12-13-29-24(21)30-34-3)35-20-10-8-18(9-11-20)32-16(2)31(15-23(32)33)19-7-5-6-17(14-19)25(26,27)28/h4-14H,1-2,15H2,3H3,(H,29,30)/b22-21+. The number of anilines is 2. The molecule has 4 rings (SSSR count). The third kappa shape index (κ3) is 4.82. The summed E-state index contributed by atoms with van der Waals surface area (Å²) in [5.74, 6) is 1.30. The van der Waals surface area contributed by atoms with Crippen LogP contribution in [0.25, 0.3) is 0 Å². The molecule has 7 nitrogen and oxygen atoms in total. The summed E-state index contributed by atoms with van der Waals surface area (Å²) in [4.78, 5) is 24.6. The smallest absolute Gasteiger partial charge is 0.416 e. The normalized spacial score (nSPS) is 17.1. The van der Waals surface area contributed by atoms with E-state index in [0.29, 0.717) is 28.6 Å². The summed E-state index contributed by atoms with van der Waals surface area (Å²) < 4.78 is 45.3. The SMILES string of the molecule is C=C/C(Oc1ccc(N2C(=C)N(c3cccc(C(F)(F)F)c3)CC2=O)cc1)=C1/C=CN=C1NOC. The average molecular weight is 482 g/mol.